The molecule has 4 nitrogen and oxygen atoms in total. The van der Waals surface area contributed by atoms with Gasteiger partial charge in [-0.2, -0.15) is 5.10 Å². The van der Waals surface area contributed by atoms with E-state index >= 15 is 0 Å². The summed E-state index contributed by atoms with van der Waals surface area (Å²) in [6, 6.07) is 9.26. The first-order chi connectivity index (χ1) is 11.5. The van der Waals surface area contributed by atoms with Crippen LogP contribution < -0.4 is 5.43 Å². The molecule has 0 saturated carbocycles. The molecule has 0 amide bonds. The van der Waals surface area contributed by atoms with Crippen LogP contribution in [-0.4, -0.2) is 16.3 Å². The minimum Gasteiger partial charge on any atom is -0.507 e. The molecule has 0 saturated heterocycles. The Morgan fingerprint density at radius 2 is 1.60 bits per heavy atom. The zero-order chi connectivity index (χ0) is 18.8. The van der Waals surface area contributed by atoms with Crippen molar-refractivity contribution in [3.8, 4) is 5.75 Å². The van der Waals surface area contributed by atoms with Crippen LogP contribution in [0.3, 0.4) is 0 Å². The van der Waals surface area contributed by atoms with Crippen molar-refractivity contribution in [2.75, 3.05) is 5.43 Å². The van der Waals surface area contributed by atoms with E-state index in [-0.39, 0.29) is 10.8 Å². The summed E-state index contributed by atoms with van der Waals surface area (Å²) in [5.41, 5.74) is 5.26. The lowest BCUT2D eigenvalue weighted by atomic mass is 9.78. The lowest BCUT2D eigenvalue weighted by Gasteiger charge is -2.27. The summed E-state index contributed by atoms with van der Waals surface area (Å²) in [6.07, 6.45) is 1.73. The molecule has 2 aromatic rings. The highest BCUT2D eigenvalue weighted by atomic mass is 35.5. The van der Waals surface area contributed by atoms with Crippen LogP contribution in [0, 0.1) is 0 Å². The minimum atomic E-state index is -0.171. The Kier molecular flexibility index (Phi) is 5.43. The number of pyridine rings is 1. The van der Waals surface area contributed by atoms with Crippen molar-refractivity contribution in [2.24, 2.45) is 5.10 Å². The molecule has 0 radical (unpaired) electrons. The van der Waals surface area contributed by atoms with Crippen molar-refractivity contribution in [1.29, 1.82) is 0 Å². The maximum absolute atomic E-state index is 10.7. The van der Waals surface area contributed by atoms with Gasteiger partial charge in [0.1, 0.15) is 16.7 Å². The number of halogens is 1. The van der Waals surface area contributed by atoms with Crippen molar-refractivity contribution in [1.82, 2.24) is 4.98 Å². The molecule has 0 aliphatic heterocycles. The Morgan fingerprint density at radius 3 is 2.08 bits per heavy atom. The van der Waals surface area contributed by atoms with Crippen molar-refractivity contribution in [3.63, 3.8) is 0 Å². The molecule has 25 heavy (non-hydrogen) atoms. The maximum Gasteiger partial charge on any atom is 0.147 e. The van der Waals surface area contributed by atoms with Gasteiger partial charge < -0.3 is 5.11 Å². The predicted octanol–water partition coefficient (Wildman–Crippen LogP) is 5.48. The zero-order valence-corrected chi connectivity index (χ0v) is 16.4. The molecule has 2 rings (SSSR count). The minimum absolute atomic E-state index is 0.171. The number of nitrogens with one attached hydrogen (secondary N) is 1. The molecular formula is C20H26ClN3O. The van der Waals surface area contributed by atoms with E-state index in [1.807, 2.05) is 18.2 Å². The fraction of sp³-hybridized carbons (Fsp3) is 0.400. The van der Waals surface area contributed by atoms with Gasteiger partial charge in [0.05, 0.1) is 6.21 Å². The highest BCUT2D eigenvalue weighted by Crippen LogP contribution is 2.39. The average molecular weight is 360 g/mol. The Hall–Kier alpha value is -2.07. The highest BCUT2D eigenvalue weighted by molar-refractivity contribution is 6.29. The van der Waals surface area contributed by atoms with Gasteiger partial charge in [-0.1, -0.05) is 59.2 Å². The summed E-state index contributed by atoms with van der Waals surface area (Å²) in [6.45, 7) is 12.5. The molecule has 0 spiro atoms. The van der Waals surface area contributed by atoms with Crippen LogP contribution in [0.4, 0.5) is 5.82 Å². The van der Waals surface area contributed by atoms with Gasteiger partial charge in [0, 0.05) is 11.1 Å². The van der Waals surface area contributed by atoms with Crippen LogP contribution in [0.25, 0.3) is 0 Å². The number of anilines is 1. The van der Waals surface area contributed by atoms with Gasteiger partial charge in [-0.15, -0.1) is 0 Å². The standard InChI is InChI=1S/C20H26ClN3O/c1-19(2,3)14-10-13(11-15(18(14)25)20(4,5)6)12-22-24-17-9-7-8-16(21)23-17/h7-12,25H,1-6H3,(H,23,24). The number of rotatable bonds is 3. The molecule has 1 heterocycles. The van der Waals surface area contributed by atoms with Gasteiger partial charge in [-0.3, -0.25) is 5.43 Å². The molecule has 0 bridgehead atoms. The number of nitrogens with zero attached hydrogens (tertiary/aromatic N) is 2. The van der Waals surface area contributed by atoms with E-state index in [2.05, 4.69) is 57.1 Å². The molecular weight excluding hydrogens is 334 g/mol. The van der Waals surface area contributed by atoms with Crippen LogP contribution in [0.1, 0.15) is 58.2 Å². The van der Waals surface area contributed by atoms with Crippen molar-refractivity contribution < 1.29 is 5.11 Å². The number of aromatic hydroxyl groups is 1. The van der Waals surface area contributed by atoms with Gasteiger partial charge in [-0.25, -0.2) is 4.98 Å². The van der Waals surface area contributed by atoms with Crippen molar-refractivity contribution in [3.05, 3.63) is 52.2 Å². The summed E-state index contributed by atoms with van der Waals surface area (Å²) in [5, 5.41) is 15.4. The van der Waals surface area contributed by atoms with Crippen LogP contribution in [0.15, 0.2) is 35.4 Å². The Labute approximate surface area is 155 Å². The largest absolute Gasteiger partial charge is 0.507 e. The molecule has 0 unspecified atom stereocenters. The molecule has 0 aliphatic rings. The first-order valence-electron chi connectivity index (χ1n) is 8.28. The van der Waals surface area contributed by atoms with Crippen LogP contribution in [0.2, 0.25) is 5.15 Å². The molecule has 0 atom stereocenters. The lowest BCUT2D eigenvalue weighted by Crippen LogP contribution is -2.18. The first-order valence-corrected chi connectivity index (χ1v) is 8.66. The van der Waals surface area contributed by atoms with Crippen LogP contribution in [-0.2, 0) is 10.8 Å². The summed E-state index contributed by atoms with van der Waals surface area (Å²) in [4.78, 5) is 4.13. The number of phenols is 1. The van der Waals surface area contributed by atoms with Crippen molar-refractivity contribution in [2.45, 2.75) is 52.4 Å². The van der Waals surface area contributed by atoms with Gasteiger partial charge in [-0.05, 0) is 40.7 Å². The second-order valence-corrected chi connectivity index (χ2v) is 8.57. The van der Waals surface area contributed by atoms with Gasteiger partial charge in [0.2, 0.25) is 0 Å². The van der Waals surface area contributed by atoms with E-state index in [1.54, 1.807) is 18.3 Å². The number of phenolic OH excluding ortho intramolecular Hbond substituents is 1. The van der Waals surface area contributed by atoms with E-state index < -0.39 is 0 Å². The summed E-state index contributed by atoms with van der Waals surface area (Å²) in [7, 11) is 0. The van der Waals surface area contributed by atoms with E-state index in [4.69, 9.17) is 11.6 Å². The second-order valence-electron chi connectivity index (χ2n) is 8.18. The number of hydrazone groups is 1. The average Bonchev–Trinajstić information content (AvgIpc) is 2.46. The molecule has 1 aromatic heterocycles. The summed E-state index contributed by atoms with van der Waals surface area (Å²) < 4.78 is 0. The van der Waals surface area contributed by atoms with Crippen molar-refractivity contribution >= 4 is 23.6 Å². The van der Waals surface area contributed by atoms with E-state index in [0.717, 1.165) is 16.7 Å². The highest BCUT2D eigenvalue weighted by Gasteiger charge is 2.26. The van der Waals surface area contributed by atoms with Crippen LogP contribution >= 0.6 is 11.6 Å². The smallest absolute Gasteiger partial charge is 0.147 e. The quantitative estimate of drug-likeness (QED) is 0.433. The number of benzene rings is 1. The number of aromatic nitrogens is 1. The van der Waals surface area contributed by atoms with Gasteiger partial charge in [0.25, 0.3) is 0 Å². The zero-order valence-electron chi connectivity index (χ0n) is 15.7. The molecule has 2 N–H and O–H groups in total. The monoisotopic (exact) mass is 359 g/mol. The van der Waals surface area contributed by atoms with E-state index in [0.29, 0.717) is 16.7 Å². The SMILES string of the molecule is CC(C)(C)c1cc(C=NNc2cccc(Cl)n2)cc(C(C)(C)C)c1O. The molecule has 5 heteroatoms. The lowest BCUT2D eigenvalue weighted by molar-refractivity contribution is 0.423. The van der Waals surface area contributed by atoms with Crippen LogP contribution in [0.5, 0.6) is 5.75 Å². The van der Waals surface area contributed by atoms with Gasteiger partial charge >= 0.3 is 0 Å². The normalized spacial score (nSPS) is 12.6. The second kappa shape index (κ2) is 7.04. The fourth-order valence-corrected chi connectivity index (χ4v) is 2.68. The predicted molar refractivity (Wildman–Crippen MR) is 106 cm³/mol. The molecule has 0 fully saturated rings. The Balaban J connectivity index is 2.38. The third-order valence-corrected chi connectivity index (χ3v) is 4.07. The number of hydrogen-bond acceptors (Lipinski definition) is 4. The fourth-order valence-electron chi connectivity index (χ4n) is 2.52. The Morgan fingerprint density at radius 1 is 1.04 bits per heavy atom. The first kappa shape index (κ1) is 19.3. The summed E-state index contributed by atoms with van der Waals surface area (Å²) >= 11 is 5.87. The molecule has 0 aliphatic carbocycles. The Bertz CT molecular complexity index is 751. The summed E-state index contributed by atoms with van der Waals surface area (Å²) in [5.74, 6) is 0.941. The van der Waals surface area contributed by atoms with E-state index in [1.165, 1.54) is 0 Å². The van der Waals surface area contributed by atoms with Gasteiger partial charge in [0.15, 0.2) is 0 Å². The molecule has 134 valence electrons. The number of hydrogen-bond donors (Lipinski definition) is 2. The third-order valence-electron chi connectivity index (χ3n) is 3.86. The molecule has 1 aromatic carbocycles. The topological polar surface area (TPSA) is 57.5 Å². The third kappa shape index (κ3) is 4.95. The maximum atomic E-state index is 10.7. The van der Waals surface area contributed by atoms with E-state index in [9.17, 15) is 5.11 Å².